The van der Waals surface area contributed by atoms with E-state index in [0.29, 0.717) is 11.7 Å². The van der Waals surface area contributed by atoms with Gasteiger partial charge in [0.25, 0.3) is 0 Å². The van der Waals surface area contributed by atoms with Crippen LogP contribution < -0.4 is 5.73 Å². The second kappa shape index (κ2) is 3.23. The Kier molecular flexibility index (Phi) is 2.07. The minimum Gasteiger partial charge on any atom is -0.337 e. The van der Waals surface area contributed by atoms with E-state index in [2.05, 4.69) is 15.1 Å². The van der Waals surface area contributed by atoms with Gasteiger partial charge in [-0.2, -0.15) is 4.98 Å². The van der Waals surface area contributed by atoms with Gasteiger partial charge in [-0.15, -0.1) is 11.3 Å². The molecule has 0 aromatic carbocycles. The summed E-state index contributed by atoms with van der Waals surface area (Å²) in [5.74, 6) is 0.998. The van der Waals surface area contributed by atoms with E-state index in [-0.39, 0.29) is 6.04 Å². The Balaban J connectivity index is 2.33. The maximum atomic E-state index is 5.57. The topological polar surface area (TPSA) is 77.8 Å². The van der Waals surface area contributed by atoms with Gasteiger partial charge >= 0.3 is 0 Å². The first-order valence-corrected chi connectivity index (χ1v) is 4.63. The van der Waals surface area contributed by atoms with Gasteiger partial charge < -0.3 is 10.3 Å². The van der Waals surface area contributed by atoms with Crippen molar-refractivity contribution in [3.63, 3.8) is 0 Å². The van der Waals surface area contributed by atoms with Crippen LogP contribution in [0.25, 0.3) is 10.7 Å². The summed E-state index contributed by atoms with van der Waals surface area (Å²) in [5, 5.41) is 3.78. The van der Waals surface area contributed by atoms with Crippen LogP contribution in [-0.2, 0) is 0 Å². The highest BCUT2D eigenvalue weighted by Gasteiger charge is 2.12. The summed E-state index contributed by atoms with van der Waals surface area (Å²) in [6.07, 6.45) is 1.69. The van der Waals surface area contributed by atoms with Gasteiger partial charge in [0.2, 0.25) is 11.7 Å². The molecule has 0 aliphatic heterocycles. The van der Waals surface area contributed by atoms with Crippen LogP contribution in [0.5, 0.6) is 0 Å². The summed E-state index contributed by atoms with van der Waals surface area (Å²) >= 11 is 1.46. The Bertz CT molecular complexity index is 381. The van der Waals surface area contributed by atoms with Gasteiger partial charge in [0, 0.05) is 6.20 Å². The molecule has 1 unspecified atom stereocenters. The first-order chi connectivity index (χ1) is 6.27. The highest BCUT2D eigenvalue weighted by molar-refractivity contribution is 7.13. The quantitative estimate of drug-likeness (QED) is 0.781. The molecule has 0 bridgehead atoms. The van der Waals surface area contributed by atoms with E-state index >= 15 is 0 Å². The number of aromatic nitrogens is 3. The molecule has 0 aliphatic rings. The van der Waals surface area contributed by atoms with E-state index in [1.54, 1.807) is 18.6 Å². The number of rotatable bonds is 2. The van der Waals surface area contributed by atoms with Crippen molar-refractivity contribution in [2.75, 3.05) is 0 Å². The van der Waals surface area contributed by atoms with Crippen LogP contribution >= 0.6 is 11.3 Å². The largest absolute Gasteiger partial charge is 0.337 e. The lowest BCUT2D eigenvalue weighted by molar-refractivity contribution is 0.362. The zero-order valence-corrected chi connectivity index (χ0v) is 7.78. The van der Waals surface area contributed by atoms with Crippen molar-refractivity contribution in [3.8, 4) is 10.7 Å². The van der Waals surface area contributed by atoms with Crippen LogP contribution in [0.15, 0.2) is 16.2 Å². The fourth-order valence-electron chi connectivity index (χ4n) is 0.846. The van der Waals surface area contributed by atoms with Crippen LogP contribution in [0, 0.1) is 0 Å². The van der Waals surface area contributed by atoms with Crippen LogP contribution in [0.4, 0.5) is 0 Å². The van der Waals surface area contributed by atoms with Crippen molar-refractivity contribution in [2.24, 2.45) is 5.73 Å². The maximum Gasteiger partial charge on any atom is 0.243 e. The Morgan fingerprint density at radius 3 is 3.00 bits per heavy atom. The van der Waals surface area contributed by atoms with Crippen molar-refractivity contribution in [1.29, 1.82) is 0 Å². The van der Waals surface area contributed by atoms with E-state index in [9.17, 15) is 0 Å². The third-order valence-corrected chi connectivity index (χ3v) is 2.25. The second-order valence-electron chi connectivity index (χ2n) is 2.61. The average Bonchev–Trinajstić information content (AvgIpc) is 2.75. The molecule has 1 atom stereocenters. The van der Waals surface area contributed by atoms with Crippen molar-refractivity contribution < 1.29 is 4.52 Å². The summed E-state index contributed by atoms with van der Waals surface area (Å²) in [7, 11) is 0. The molecule has 2 N–H and O–H groups in total. The smallest absolute Gasteiger partial charge is 0.243 e. The molecule has 0 radical (unpaired) electrons. The van der Waals surface area contributed by atoms with Crippen molar-refractivity contribution in [3.05, 3.63) is 17.6 Å². The molecule has 68 valence electrons. The molecule has 2 aromatic heterocycles. The minimum atomic E-state index is -0.228. The summed E-state index contributed by atoms with van der Waals surface area (Å²) < 4.78 is 4.94. The zero-order valence-electron chi connectivity index (χ0n) is 6.97. The molecule has 0 amide bonds. The highest BCUT2D eigenvalue weighted by atomic mass is 32.1. The number of nitrogens with two attached hydrogens (primary N) is 1. The second-order valence-corrected chi connectivity index (χ2v) is 3.50. The van der Waals surface area contributed by atoms with Gasteiger partial charge in [-0.3, -0.25) is 4.98 Å². The average molecular weight is 196 g/mol. The third kappa shape index (κ3) is 1.58. The Morgan fingerprint density at radius 1 is 1.62 bits per heavy atom. The molecular formula is C7H8N4OS. The monoisotopic (exact) mass is 196 g/mol. The van der Waals surface area contributed by atoms with E-state index in [1.807, 2.05) is 0 Å². The Labute approximate surface area is 78.6 Å². The van der Waals surface area contributed by atoms with Crippen LogP contribution in [-0.4, -0.2) is 15.1 Å². The maximum absolute atomic E-state index is 5.57. The van der Waals surface area contributed by atoms with Crippen molar-refractivity contribution in [1.82, 2.24) is 15.1 Å². The molecule has 0 aliphatic carbocycles. The van der Waals surface area contributed by atoms with Gasteiger partial charge in [0.05, 0.1) is 16.4 Å². The molecule has 0 fully saturated rings. The van der Waals surface area contributed by atoms with Crippen LogP contribution in [0.1, 0.15) is 18.9 Å². The fourth-order valence-corrected chi connectivity index (χ4v) is 1.39. The first kappa shape index (κ1) is 8.33. The van der Waals surface area contributed by atoms with Crippen molar-refractivity contribution in [2.45, 2.75) is 13.0 Å². The predicted molar refractivity (Wildman–Crippen MR) is 48.0 cm³/mol. The molecule has 6 heteroatoms. The molecule has 2 aromatic rings. The van der Waals surface area contributed by atoms with Crippen LogP contribution in [0.3, 0.4) is 0 Å². The molecular weight excluding hydrogens is 188 g/mol. The van der Waals surface area contributed by atoms with E-state index in [1.165, 1.54) is 11.3 Å². The lowest BCUT2D eigenvalue weighted by atomic mass is 10.4. The first-order valence-electron chi connectivity index (χ1n) is 3.75. The lowest BCUT2D eigenvalue weighted by Gasteiger charge is -1.92. The molecule has 2 heterocycles. The summed E-state index contributed by atoms with van der Waals surface area (Å²) in [5.41, 5.74) is 7.29. The lowest BCUT2D eigenvalue weighted by Crippen LogP contribution is -2.04. The van der Waals surface area contributed by atoms with E-state index < -0.39 is 0 Å². The number of hydrogen-bond donors (Lipinski definition) is 1. The molecule has 0 spiro atoms. The molecule has 0 saturated heterocycles. The standard InChI is InChI=1S/C7H8N4OS/c1-4(8)7-10-6(11-12-7)5-2-9-3-13-5/h2-4H,8H2,1H3. The molecule has 2 rings (SSSR count). The SMILES string of the molecule is CC(N)c1nc(-c2cncs2)no1. The summed E-state index contributed by atoms with van der Waals surface area (Å²) in [6.45, 7) is 1.80. The Morgan fingerprint density at radius 2 is 2.46 bits per heavy atom. The van der Waals surface area contributed by atoms with Gasteiger partial charge in [0.1, 0.15) is 0 Å². The normalized spacial score (nSPS) is 13.1. The zero-order chi connectivity index (χ0) is 9.26. The van der Waals surface area contributed by atoms with Crippen LogP contribution in [0.2, 0.25) is 0 Å². The molecule has 5 nitrogen and oxygen atoms in total. The molecule has 13 heavy (non-hydrogen) atoms. The third-order valence-electron chi connectivity index (χ3n) is 1.48. The highest BCUT2D eigenvalue weighted by Crippen LogP contribution is 2.20. The molecule has 0 saturated carbocycles. The van der Waals surface area contributed by atoms with Gasteiger partial charge in [-0.1, -0.05) is 5.16 Å². The summed E-state index contributed by atoms with van der Waals surface area (Å²) in [4.78, 5) is 8.92. The number of hydrogen-bond acceptors (Lipinski definition) is 6. The van der Waals surface area contributed by atoms with E-state index in [0.717, 1.165) is 4.88 Å². The van der Waals surface area contributed by atoms with E-state index in [4.69, 9.17) is 10.3 Å². The minimum absolute atomic E-state index is 0.228. The predicted octanol–water partition coefficient (Wildman–Crippen LogP) is 1.21. The van der Waals surface area contributed by atoms with Gasteiger partial charge in [-0.05, 0) is 6.92 Å². The Hall–Kier alpha value is -1.27. The number of thiazole rings is 1. The summed E-state index contributed by atoms with van der Waals surface area (Å²) in [6, 6.07) is -0.228. The van der Waals surface area contributed by atoms with Gasteiger partial charge in [-0.25, -0.2) is 0 Å². The fraction of sp³-hybridized carbons (Fsp3) is 0.286. The van der Waals surface area contributed by atoms with Gasteiger partial charge in [0.15, 0.2) is 0 Å². The van der Waals surface area contributed by atoms with Crippen molar-refractivity contribution >= 4 is 11.3 Å². The number of nitrogens with zero attached hydrogens (tertiary/aromatic N) is 3.